The third-order valence-corrected chi connectivity index (χ3v) is 3.21. The molecule has 0 spiro atoms. The van der Waals surface area contributed by atoms with E-state index < -0.39 is 0 Å². The molecule has 0 aliphatic rings. The van der Waals surface area contributed by atoms with E-state index in [1.807, 2.05) is 25.1 Å². The number of hydrogen-bond donors (Lipinski definition) is 1. The van der Waals surface area contributed by atoms with E-state index >= 15 is 0 Å². The zero-order chi connectivity index (χ0) is 13.8. The van der Waals surface area contributed by atoms with Crippen molar-refractivity contribution in [1.82, 2.24) is 10.3 Å². The fraction of sp³-hybridized carbons (Fsp3) is 0.143. The number of benzene rings is 1. The number of nitrogens with one attached hydrogen (secondary N) is 1. The van der Waals surface area contributed by atoms with Crippen molar-refractivity contribution >= 4 is 21.8 Å². The minimum atomic E-state index is -0.385. The maximum Gasteiger partial charge on any atom is 0.252 e. The highest BCUT2D eigenvalue weighted by molar-refractivity contribution is 9.10. The summed E-state index contributed by atoms with van der Waals surface area (Å²) in [5.74, 6) is -0.654. The number of nitrogens with zero attached hydrogens (tertiary/aromatic N) is 1. The Kier molecular flexibility index (Phi) is 4.27. The molecule has 1 heterocycles. The third-order valence-electron chi connectivity index (χ3n) is 2.55. The van der Waals surface area contributed by atoms with Gasteiger partial charge in [0.15, 0.2) is 0 Å². The van der Waals surface area contributed by atoms with Crippen molar-refractivity contribution in [3.8, 4) is 0 Å². The van der Waals surface area contributed by atoms with E-state index in [2.05, 4.69) is 26.2 Å². The number of hydrogen-bond acceptors (Lipinski definition) is 2. The van der Waals surface area contributed by atoms with Gasteiger partial charge in [-0.25, -0.2) is 4.39 Å². The van der Waals surface area contributed by atoms with Crippen molar-refractivity contribution in [1.29, 1.82) is 0 Å². The van der Waals surface area contributed by atoms with Crippen molar-refractivity contribution in [2.75, 3.05) is 0 Å². The minimum Gasteiger partial charge on any atom is -0.346 e. The fourth-order valence-corrected chi connectivity index (χ4v) is 2.17. The lowest BCUT2D eigenvalue weighted by atomic mass is 10.2. The van der Waals surface area contributed by atoms with E-state index in [9.17, 15) is 9.18 Å². The molecule has 0 saturated carbocycles. The summed E-state index contributed by atoms with van der Waals surface area (Å²) in [5, 5.41) is 2.75. The van der Waals surface area contributed by atoms with Gasteiger partial charge in [0.05, 0.1) is 17.8 Å². The summed E-state index contributed by atoms with van der Waals surface area (Å²) in [5.41, 5.74) is 2.08. The zero-order valence-corrected chi connectivity index (χ0v) is 11.9. The average molecular weight is 323 g/mol. The summed E-state index contributed by atoms with van der Waals surface area (Å²) < 4.78 is 13.4. The van der Waals surface area contributed by atoms with E-state index in [0.29, 0.717) is 16.6 Å². The number of aryl methyl sites for hydroxylation is 1. The van der Waals surface area contributed by atoms with E-state index in [1.54, 1.807) is 0 Å². The van der Waals surface area contributed by atoms with Crippen molar-refractivity contribution < 1.29 is 9.18 Å². The van der Waals surface area contributed by atoms with Gasteiger partial charge in [-0.1, -0.05) is 6.07 Å². The Labute approximate surface area is 119 Å². The van der Waals surface area contributed by atoms with Crippen molar-refractivity contribution in [3.63, 3.8) is 0 Å². The van der Waals surface area contributed by atoms with Crippen LogP contribution in [-0.2, 0) is 6.54 Å². The van der Waals surface area contributed by atoms with Crippen LogP contribution in [0.1, 0.15) is 21.7 Å². The van der Waals surface area contributed by atoms with Gasteiger partial charge in [0.1, 0.15) is 5.82 Å². The topological polar surface area (TPSA) is 42.0 Å². The number of halogens is 2. The molecule has 0 radical (unpaired) electrons. The predicted molar refractivity (Wildman–Crippen MR) is 74.2 cm³/mol. The molecule has 0 aliphatic heterocycles. The molecule has 0 saturated heterocycles. The molecule has 1 aromatic heterocycles. The molecule has 0 aliphatic carbocycles. The first-order valence-corrected chi connectivity index (χ1v) is 6.51. The quantitative estimate of drug-likeness (QED) is 0.942. The van der Waals surface area contributed by atoms with Crippen LogP contribution in [0.2, 0.25) is 0 Å². The van der Waals surface area contributed by atoms with Gasteiger partial charge < -0.3 is 5.32 Å². The number of carbonyl (C=O) groups excluding carboxylic acids is 1. The standard InChI is InChI=1S/C14H12BrFN2O/c1-9-3-2-4-11(18-9)8-17-14(19)12-6-5-10(16)7-13(12)15/h2-7H,8H2,1H3,(H,17,19). The molecule has 0 bridgehead atoms. The summed E-state index contributed by atoms with van der Waals surface area (Å²) in [6, 6.07) is 9.58. The largest absolute Gasteiger partial charge is 0.346 e. The Morgan fingerprint density at radius 2 is 2.16 bits per heavy atom. The molecule has 5 heteroatoms. The Morgan fingerprint density at radius 1 is 1.37 bits per heavy atom. The van der Waals surface area contributed by atoms with Crippen molar-refractivity contribution in [2.45, 2.75) is 13.5 Å². The van der Waals surface area contributed by atoms with Crippen LogP contribution in [0.5, 0.6) is 0 Å². The molecular weight excluding hydrogens is 311 g/mol. The van der Waals surface area contributed by atoms with Crippen LogP contribution < -0.4 is 5.32 Å². The van der Waals surface area contributed by atoms with Gasteiger partial charge in [0.25, 0.3) is 5.91 Å². The van der Waals surface area contributed by atoms with Crippen LogP contribution in [0.25, 0.3) is 0 Å². The van der Waals surface area contributed by atoms with Crippen LogP contribution in [0.15, 0.2) is 40.9 Å². The highest BCUT2D eigenvalue weighted by Gasteiger charge is 2.10. The lowest BCUT2D eigenvalue weighted by Crippen LogP contribution is -2.23. The number of aromatic nitrogens is 1. The smallest absolute Gasteiger partial charge is 0.252 e. The maximum atomic E-state index is 12.9. The van der Waals surface area contributed by atoms with Gasteiger partial charge in [-0.3, -0.25) is 9.78 Å². The first-order valence-electron chi connectivity index (χ1n) is 5.72. The highest BCUT2D eigenvalue weighted by Crippen LogP contribution is 2.17. The molecule has 1 amide bonds. The molecule has 2 aromatic rings. The summed E-state index contributed by atoms with van der Waals surface area (Å²) >= 11 is 3.17. The van der Waals surface area contributed by atoms with Crippen LogP contribution in [-0.4, -0.2) is 10.9 Å². The van der Waals surface area contributed by atoms with Crippen LogP contribution in [0.3, 0.4) is 0 Å². The molecule has 1 N–H and O–H groups in total. The Hall–Kier alpha value is -1.75. The molecule has 2 rings (SSSR count). The van der Waals surface area contributed by atoms with Crippen LogP contribution in [0, 0.1) is 12.7 Å². The highest BCUT2D eigenvalue weighted by atomic mass is 79.9. The summed E-state index contributed by atoms with van der Waals surface area (Å²) in [6.07, 6.45) is 0. The number of pyridine rings is 1. The van der Waals surface area contributed by atoms with Crippen LogP contribution >= 0.6 is 15.9 Å². The van der Waals surface area contributed by atoms with Gasteiger partial charge in [0, 0.05) is 10.2 Å². The van der Waals surface area contributed by atoms with E-state index in [1.165, 1.54) is 18.2 Å². The van der Waals surface area contributed by atoms with Crippen molar-refractivity contribution in [3.05, 3.63) is 63.6 Å². The molecule has 19 heavy (non-hydrogen) atoms. The maximum absolute atomic E-state index is 12.9. The molecule has 0 unspecified atom stereocenters. The zero-order valence-electron chi connectivity index (χ0n) is 10.3. The second-order valence-corrected chi connectivity index (χ2v) is 4.93. The Morgan fingerprint density at radius 3 is 2.84 bits per heavy atom. The molecule has 0 atom stereocenters. The molecule has 3 nitrogen and oxygen atoms in total. The number of carbonyl (C=O) groups is 1. The van der Waals surface area contributed by atoms with E-state index in [4.69, 9.17) is 0 Å². The minimum absolute atomic E-state index is 0.268. The predicted octanol–water partition coefficient (Wildman–Crippen LogP) is 3.22. The monoisotopic (exact) mass is 322 g/mol. The normalized spacial score (nSPS) is 10.3. The van der Waals surface area contributed by atoms with Gasteiger partial charge in [0.2, 0.25) is 0 Å². The van der Waals surface area contributed by atoms with Crippen molar-refractivity contribution in [2.24, 2.45) is 0 Å². The molecular formula is C14H12BrFN2O. The summed E-state index contributed by atoms with van der Waals surface area (Å²) in [6.45, 7) is 2.23. The Bertz CT molecular complexity index is 616. The first kappa shape index (κ1) is 13.7. The first-order chi connectivity index (χ1) is 9.06. The lowest BCUT2D eigenvalue weighted by Gasteiger charge is -2.07. The lowest BCUT2D eigenvalue weighted by molar-refractivity contribution is 0.0949. The third kappa shape index (κ3) is 3.61. The molecule has 0 fully saturated rings. The van der Waals surface area contributed by atoms with E-state index in [0.717, 1.165) is 11.4 Å². The van der Waals surface area contributed by atoms with Gasteiger partial charge in [-0.15, -0.1) is 0 Å². The van der Waals surface area contributed by atoms with Gasteiger partial charge in [-0.2, -0.15) is 0 Å². The average Bonchev–Trinajstić information content (AvgIpc) is 2.36. The summed E-state index contributed by atoms with van der Waals surface area (Å²) in [4.78, 5) is 16.2. The summed E-state index contributed by atoms with van der Waals surface area (Å²) in [7, 11) is 0. The Balaban J connectivity index is 2.05. The van der Waals surface area contributed by atoms with E-state index in [-0.39, 0.29) is 11.7 Å². The van der Waals surface area contributed by atoms with Crippen LogP contribution in [0.4, 0.5) is 4.39 Å². The number of rotatable bonds is 3. The second kappa shape index (κ2) is 5.93. The molecule has 98 valence electrons. The molecule has 1 aromatic carbocycles. The fourth-order valence-electron chi connectivity index (χ4n) is 1.64. The van der Waals surface area contributed by atoms with Gasteiger partial charge in [-0.05, 0) is 53.2 Å². The second-order valence-electron chi connectivity index (χ2n) is 4.08. The SMILES string of the molecule is Cc1cccc(CNC(=O)c2ccc(F)cc2Br)n1. The van der Waals surface area contributed by atoms with Gasteiger partial charge >= 0.3 is 0 Å². The number of amides is 1.